The lowest BCUT2D eigenvalue weighted by Gasteiger charge is -2.30. The molecule has 2 atom stereocenters. The maximum atomic E-state index is 12.9. The molecule has 1 saturated heterocycles. The number of fused-ring (bicyclic) bond motifs is 1. The maximum Gasteiger partial charge on any atom is 0.356 e. The van der Waals surface area contributed by atoms with E-state index in [4.69, 9.17) is 42.7 Å². The van der Waals surface area contributed by atoms with E-state index in [1.807, 2.05) is 0 Å². The molecule has 3 aromatic rings. The first-order valence-corrected chi connectivity index (χ1v) is 11.3. The minimum absolute atomic E-state index is 0.168. The van der Waals surface area contributed by atoms with E-state index < -0.39 is 13.7 Å². The number of imidazole rings is 1. The quantitative estimate of drug-likeness (QED) is 0.435. The molecule has 0 amide bonds. The summed E-state index contributed by atoms with van der Waals surface area (Å²) in [6.45, 7) is 0.991. The fraction of sp³-hybridized carbons (Fsp3) is 0.353. The van der Waals surface area contributed by atoms with Gasteiger partial charge >= 0.3 is 7.60 Å². The van der Waals surface area contributed by atoms with Crippen LogP contribution in [0.2, 0.25) is 10.0 Å². The van der Waals surface area contributed by atoms with Crippen LogP contribution in [0.5, 0.6) is 0 Å². The van der Waals surface area contributed by atoms with Crippen molar-refractivity contribution in [2.75, 3.05) is 25.3 Å². The first-order valence-electron chi connectivity index (χ1n) is 8.81. The van der Waals surface area contributed by atoms with Gasteiger partial charge in [0.15, 0.2) is 11.5 Å². The zero-order chi connectivity index (χ0) is 20.4. The van der Waals surface area contributed by atoms with Crippen molar-refractivity contribution in [2.45, 2.75) is 19.1 Å². The Kier molecular flexibility index (Phi) is 6.06. The lowest BCUT2D eigenvalue weighted by molar-refractivity contribution is 0.0564. The lowest BCUT2D eigenvalue weighted by atomic mass is 10.1. The van der Waals surface area contributed by atoms with Crippen molar-refractivity contribution in [3.8, 4) is 0 Å². The smallest absolute Gasteiger partial charge is 0.356 e. The molecule has 0 spiro atoms. The molecular formula is C17H18Cl2N5O4P. The van der Waals surface area contributed by atoms with Crippen LogP contribution in [-0.4, -0.2) is 39.1 Å². The summed E-state index contributed by atoms with van der Waals surface area (Å²) in [5, 5.41) is 0.987. The molecule has 9 nitrogen and oxygen atoms in total. The summed E-state index contributed by atoms with van der Waals surface area (Å²) >= 11 is 12.2. The molecule has 1 aliphatic heterocycles. The van der Waals surface area contributed by atoms with Crippen LogP contribution in [0.15, 0.2) is 30.9 Å². The summed E-state index contributed by atoms with van der Waals surface area (Å²) < 4.78 is 31.4. The number of benzene rings is 1. The fourth-order valence-corrected chi connectivity index (χ4v) is 5.09. The summed E-state index contributed by atoms with van der Waals surface area (Å²) in [6, 6.07) is 5.11. The van der Waals surface area contributed by atoms with E-state index in [0.717, 1.165) is 5.56 Å². The molecule has 3 heterocycles. The largest absolute Gasteiger partial charge is 0.382 e. The van der Waals surface area contributed by atoms with Crippen molar-refractivity contribution >= 4 is 47.8 Å². The lowest BCUT2D eigenvalue weighted by Crippen LogP contribution is -2.17. The van der Waals surface area contributed by atoms with Gasteiger partial charge in [0, 0.05) is 28.6 Å². The molecule has 29 heavy (non-hydrogen) atoms. The number of rotatable bonds is 6. The molecular weight excluding hydrogens is 440 g/mol. The number of ether oxygens (including phenoxy) is 1. The number of halogens is 2. The molecule has 0 saturated carbocycles. The Morgan fingerprint density at radius 1 is 1.31 bits per heavy atom. The Morgan fingerprint density at radius 3 is 3.00 bits per heavy atom. The van der Waals surface area contributed by atoms with Gasteiger partial charge in [-0.2, -0.15) is 0 Å². The molecule has 1 fully saturated rings. The zero-order valence-electron chi connectivity index (χ0n) is 15.2. The molecule has 1 aromatic carbocycles. The maximum absolute atomic E-state index is 12.9. The molecule has 1 aliphatic rings. The van der Waals surface area contributed by atoms with Gasteiger partial charge in [0.1, 0.15) is 18.2 Å². The van der Waals surface area contributed by atoms with E-state index in [1.54, 1.807) is 29.1 Å². The van der Waals surface area contributed by atoms with Crippen LogP contribution in [0.3, 0.4) is 0 Å². The average molecular weight is 458 g/mol. The highest BCUT2D eigenvalue weighted by atomic mass is 35.5. The van der Waals surface area contributed by atoms with E-state index in [1.165, 1.54) is 6.33 Å². The number of hydrogen-bond acceptors (Lipinski definition) is 8. The van der Waals surface area contributed by atoms with E-state index >= 15 is 0 Å². The normalized spacial score (nSPS) is 22.2. The van der Waals surface area contributed by atoms with Crippen molar-refractivity contribution in [3.63, 3.8) is 0 Å². The molecule has 2 aromatic heterocycles. The summed E-state index contributed by atoms with van der Waals surface area (Å²) in [7, 11) is -3.41. The van der Waals surface area contributed by atoms with Crippen molar-refractivity contribution in [3.05, 3.63) is 46.5 Å². The van der Waals surface area contributed by atoms with Gasteiger partial charge in [0.25, 0.3) is 0 Å². The van der Waals surface area contributed by atoms with Crippen LogP contribution in [-0.2, 0) is 24.9 Å². The van der Waals surface area contributed by atoms with Crippen molar-refractivity contribution in [1.29, 1.82) is 0 Å². The topological polar surface area (TPSA) is 114 Å². The molecule has 0 bridgehead atoms. The van der Waals surface area contributed by atoms with Crippen molar-refractivity contribution in [2.24, 2.45) is 0 Å². The molecule has 0 radical (unpaired) electrons. The molecule has 4 rings (SSSR count). The van der Waals surface area contributed by atoms with Gasteiger partial charge in [-0.1, -0.05) is 29.3 Å². The van der Waals surface area contributed by atoms with E-state index in [2.05, 4.69) is 15.0 Å². The number of nitrogens with zero attached hydrogens (tertiary/aromatic N) is 4. The Morgan fingerprint density at radius 2 is 2.17 bits per heavy atom. The number of nitrogens with two attached hydrogens (primary N) is 1. The highest BCUT2D eigenvalue weighted by Gasteiger charge is 2.35. The summed E-state index contributed by atoms with van der Waals surface area (Å²) in [6.07, 6.45) is 2.90. The predicted molar refractivity (Wildman–Crippen MR) is 109 cm³/mol. The first kappa shape index (κ1) is 20.5. The summed E-state index contributed by atoms with van der Waals surface area (Å²) in [5.41, 5.74) is 7.63. The van der Waals surface area contributed by atoms with Gasteiger partial charge < -0.3 is 19.6 Å². The number of anilines is 1. The molecule has 2 unspecified atom stereocenters. The summed E-state index contributed by atoms with van der Waals surface area (Å²) in [5.74, 6) is 0.315. The van der Waals surface area contributed by atoms with Gasteiger partial charge in [0.05, 0.1) is 25.6 Å². The number of aromatic nitrogens is 4. The van der Waals surface area contributed by atoms with Crippen LogP contribution in [0.4, 0.5) is 5.82 Å². The van der Waals surface area contributed by atoms with Crippen molar-refractivity contribution in [1.82, 2.24) is 19.5 Å². The van der Waals surface area contributed by atoms with E-state index in [0.29, 0.717) is 40.0 Å². The third kappa shape index (κ3) is 4.55. The standard InChI is InChI=1S/C17H18Cl2N5O4P/c18-11-1-2-12(13(19)7-11)14-3-5-27-29(25,28-14)10-26-6-4-24-9-23-15-16(20)21-8-22-17(15)24/h1-2,7-9,14H,3-6,10H2,(H2,20,21,22). The van der Waals surface area contributed by atoms with E-state index in [-0.39, 0.29) is 19.6 Å². The Labute approximate surface area is 176 Å². The Balaban J connectivity index is 1.35. The predicted octanol–water partition coefficient (Wildman–Crippen LogP) is 4.06. The minimum Gasteiger partial charge on any atom is -0.382 e. The second kappa shape index (κ2) is 8.55. The SMILES string of the molecule is Nc1ncnc2c1ncn2CCOCP1(=O)OCCC(c2ccc(Cl)cc2Cl)O1. The van der Waals surface area contributed by atoms with Crippen LogP contribution in [0.1, 0.15) is 18.1 Å². The van der Waals surface area contributed by atoms with Crippen LogP contribution >= 0.6 is 30.8 Å². The minimum atomic E-state index is -3.41. The summed E-state index contributed by atoms with van der Waals surface area (Å²) in [4.78, 5) is 12.3. The Bertz CT molecular complexity index is 1080. The van der Waals surface area contributed by atoms with Crippen LogP contribution in [0.25, 0.3) is 11.2 Å². The third-order valence-corrected chi connectivity index (χ3v) is 6.63. The molecule has 2 N–H and O–H groups in total. The molecule has 154 valence electrons. The number of hydrogen-bond donors (Lipinski definition) is 1. The van der Waals surface area contributed by atoms with Gasteiger partial charge in [-0.05, 0) is 12.1 Å². The van der Waals surface area contributed by atoms with Gasteiger partial charge in [-0.3, -0.25) is 9.09 Å². The third-order valence-electron chi connectivity index (χ3n) is 4.42. The average Bonchev–Trinajstić information content (AvgIpc) is 3.10. The van der Waals surface area contributed by atoms with Gasteiger partial charge in [-0.25, -0.2) is 15.0 Å². The first-order chi connectivity index (χ1) is 14.0. The number of nitrogen functional groups attached to an aromatic ring is 1. The van der Waals surface area contributed by atoms with E-state index in [9.17, 15) is 4.57 Å². The second-order valence-corrected chi connectivity index (χ2v) is 9.19. The van der Waals surface area contributed by atoms with Crippen molar-refractivity contribution < 1.29 is 18.3 Å². The monoisotopic (exact) mass is 457 g/mol. The molecule has 12 heteroatoms. The second-order valence-electron chi connectivity index (χ2n) is 6.40. The highest BCUT2D eigenvalue weighted by molar-refractivity contribution is 7.53. The fourth-order valence-electron chi connectivity index (χ4n) is 3.02. The van der Waals surface area contributed by atoms with Crippen LogP contribution in [0, 0.1) is 0 Å². The highest BCUT2D eigenvalue weighted by Crippen LogP contribution is 2.56. The Hall–Kier alpha value is -1.74. The zero-order valence-corrected chi connectivity index (χ0v) is 17.6. The van der Waals surface area contributed by atoms with Crippen LogP contribution < -0.4 is 5.73 Å². The van der Waals surface area contributed by atoms with Gasteiger partial charge in [-0.15, -0.1) is 0 Å². The molecule has 0 aliphatic carbocycles. The van der Waals surface area contributed by atoms with Gasteiger partial charge in [0.2, 0.25) is 0 Å².